The average molecular weight is 440 g/mol. The number of carbonyl (C=O) groups excluding carboxylic acids is 1. The summed E-state index contributed by atoms with van der Waals surface area (Å²) in [6.45, 7) is 6.85. The third kappa shape index (κ3) is 6.43. The Labute approximate surface area is 186 Å². The Morgan fingerprint density at radius 3 is 2.35 bits per heavy atom. The lowest BCUT2D eigenvalue weighted by atomic mass is 9.87. The van der Waals surface area contributed by atoms with E-state index in [9.17, 15) is 9.59 Å². The first-order valence-electron chi connectivity index (χ1n) is 10.1. The van der Waals surface area contributed by atoms with Crippen LogP contribution in [-0.2, 0) is 16.8 Å². The molecule has 0 atom stereocenters. The molecule has 0 bridgehead atoms. The second-order valence-corrected chi connectivity index (χ2v) is 8.64. The van der Waals surface area contributed by atoms with Crippen LogP contribution in [-0.4, -0.2) is 28.8 Å². The van der Waals surface area contributed by atoms with Gasteiger partial charge in [0.15, 0.2) is 6.61 Å². The molecular formula is C24H26ClN3O3. The van der Waals surface area contributed by atoms with E-state index >= 15 is 0 Å². The van der Waals surface area contributed by atoms with E-state index in [-0.39, 0.29) is 36.6 Å². The fourth-order valence-corrected chi connectivity index (χ4v) is 3.06. The zero-order chi connectivity index (χ0) is 22.4. The van der Waals surface area contributed by atoms with Crippen LogP contribution in [0.15, 0.2) is 65.5 Å². The van der Waals surface area contributed by atoms with E-state index in [1.54, 1.807) is 18.2 Å². The normalized spacial score (nSPS) is 11.2. The first kappa shape index (κ1) is 22.6. The Morgan fingerprint density at radius 1 is 1.03 bits per heavy atom. The van der Waals surface area contributed by atoms with E-state index in [4.69, 9.17) is 16.3 Å². The minimum atomic E-state index is -0.262. The van der Waals surface area contributed by atoms with Crippen LogP contribution >= 0.6 is 11.6 Å². The molecule has 0 fully saturated rings. The molecule has 31 heavy (non-hydrogen) atoms. The summed E-state index contributed by atoms with van der Waals surface area (Å²) in [6, 6.07) is 18.1. The summed E-state index contributed by atoms with van der Waals surface area (Å²) in [5.41, 5.74) is 2.54. The van der Waals surface area contributed by atoms with Gasteiger partial charge in [-0.05, 0) is 41.3 Å². The second kappa shape index (κ2) is 9.79. The Bertz CT molecular complexity index is 1080. The lowest BCUT2D eigenvalue weighted by Gasteiger charge is -2.19. The molecule has 6 nitrogen and oxygen atoms in total. The smallest absolute Gasteiger partial charge is 0.266 e. The number of nitrogens with one attached hydrogen (secondary N) is 1. The largest absolute Gasteiger partial charge is 0.484 e. The maximum absolute atomic E-state index is 12.1. The van der Waals surface area contributed by atoms with Crippen LogP contribution in [0.1, 0.15) is 26.3 Å². The molecule has 2 aromatic carbocycles. The number of carbonyl (C=O) groups is 1. The number of ether oxygens (including phenoxy) is 1. The summed E-state index contributed by atoms with van der Waals surface area (Å²) in [7, 11) is 0. The van der Waals surface area contributed by atoms with Crippen LogP contribution in [0.25, 0.3) is 11.3 Å². The van der Waals surface area contributed by atoms with Crippen LogP contribution < -0.4 is 15.6 Å². The van der Waals surface area contributed by atoms with Gasteiger partial charge in [0, 0.05) is 23.2 Å². The highest BCUT2D eigenvalue weighted by Crippen LogP contribution is 2.24. The summed E-state index contributed by atoms with van der Waals surface area (Å²) in [5.74, 6) is 0.374. The zero-order valence-corrected chi connectivity index (χ0v) is 18.6. The SMILES string of the molecule is CC(C)(C)c1ccc(OCC(=O)NCCn2nc(-c3ccc(Cl)cc3)ccc2=O)cc1. The number of halogens is 1. The van der Waals surface area contributed by atoms with E-state index in [2.05, 4.69) is 31.2 Å². The van der Waals surface area contributed by atoms with Gasteiger partial charge in [0.25, 0.3) is 11.5 Å². The van der Waals surface area contributed by atoms with Crippen molar-refractivity contribution in [3.63, 3.8) is 0 Å². The highest BCUT2D eigenvalue weighted by atomic mass is 35.5. The summed E-state index contributed by atoms with van der Waals surface area (Å²) in [6.07, 6.45) is 0. The maximum atomic E-state index is 12.1. The first-order chi connectivity index (χ1) is 14.7. The molecule has 1 aromatic heterocycles. The van der Waals surface area contributed by atoms with Gasteiger partial charge in [-0.3, -0.25) is 9.59 Å². The molecule has 1 amide bonds. The predicted octanol–water partition coefficient (Wildman–Crippen LogP) is 4.06. The van der Waals surface area contributed by atoms with Gasteiger partial charge in [-0.2, -0.15) is 5.10 Å². The van der Waals surface area contributed by atoms with E-state index in [0.29, 0.717) is 16.5 Å². The van der Waals surface area contributed by atoms with E-state index < -0.39 is 0 Å². The van der Waals surface area contributed by atoms with Crippen molar-refractivity contribution < 1.29 is 9.53 Å². The Balaban J connectivity index is 1.50. The summed E-state index contributed by atoms with van der Waals surface area (Å²) < 4.78 is 6.87. The van der Waals surface area contributed by atoms with Gasteiger partial charge in [0.2, 0.25) is 0 Å². The van der Waals surface area contributed by atoms with Crippen molar-refractivity contribution in [3.8, 4) is 17.0 Å². The fraction of sp³-hybridized carbons (Fsp3) is 0.292. The quantitative estimate of drug-likeness (QED) is 0.602. The van der Waals surface area contributed by atoms with E-state index in [0.717, 1.165) is 5.56 Å². The number of amides is 1. The lowest BCUT2D eigenvalue weighted by molar-refractivity contribution is -0.123. The molecule has 0 aliphatic rings. The van der Waals surface area contributed by atoms with Crippen molar-refractivity contribution in [2.75, 3.05) is 13.2 Å². The van der Waals surface area contributed by atoms with Crippen LogP contribution in [0.2, 0.25) is 5.02 Å². The average Bonchev–Trinajstić information content (AvgIpc) is 2.74. The van der Waals surface area contributed by atoms with Gasteiger partial charge in [-0.15, -0.1) is 0 Å². The van der Waals surface area contributed by atoms with Crippen LogP contribution in [0, 0.1) is 0 Å². The summed E-state index contributed by atoms with van der Waals surface area (Å²) in [4.78, 5) is 24.2. The molecule has 0 saturated carbocycles. The molecule has 1 heterocycles. The minimum absolute atomic E-state index is 0.0624. The number of rotatable bonds is 7. The lowest BCUT2D eigenvalue weighted by Crippen LogP contribution is -2.34. The monoisotopic (exact) mass is 439 g/mol. The van der Waals surface area contributed by atoms with Gasteiger partial charge >= 0.3 is 0 Å². The summed E-state index contributed by atoms with van der Waals surface area (Å²) >= 11 is 5.92. The van der Waals surface area contributed by atoms with Crippen molar-refractivity contribution in [1.29, 1.82) is 0 Å². The molecule has 0 aliphatic heterocycles. The topological polar surface area (TPSA) is 73.2 Å². The first-order valence-corrected chi connectivity index (χ1v) is 10.4. The maximum Gasteiger partial charge on any atom is 0.266 e. The Morgan fingerprint density at radius 2 is 1.71 bits per heavy atom. The number of hydrogen-bond donors (Lipinski definition) is 1. The third-order valence-corrected chi connectivity index (χ3v) is 4.99. The zero-order valence-electron chi connectivity index (χ0n) is 17.9. The standard InChI is InChI=1S/C24H26ClN3O3/c1-24(2,3)18-6-10-20(11-7-18)31-16-22(29)26-14-15-28-23(30)13-12-21(27-28)17-4-8-19(25)9-5-17/h4-13H,14-16H2,1-3H3,(H,26,29). The van der Waals surface area contributed by atoms with Crippen molar-refractivity contribution >= 4 is 17.5 Å². The molecule has 0 saturated heterocycles. The molecule has 0 spiro atoms. The third-order valence-electron chi connectivity index (χ3n) is 4.74. The number of nitrogens with zero attached hydrogens (tertiary/aromatic N) is 2. The number of aromatic nitrogens is 2. The minimum Gasteiger partial charge on any atom is -0.484 e. The van der Waals surface area contributed by atoms with Gasteiger partial charge in [0.05, 0.1) is 12.2 Å². The Kier molecular flexibility index (Phi) is 7.13. The van der Waals surface area contributed by atoms with Crippen molar-refractivity contribution in [2.45, 2.75) is 32.7 Å². The molecular weight excluding hydrogens is 414 g/mol. The van der Waals surface area contributed by atoms with E-state index in [1.165, 1.54) is 16.3 Å². The van der Waals surface area contributed by atoms with Crippen molar-refractivity contribution in [3.05, 3.63) is 81.6 Å². The molecule has 1 N–H and O–H groups in total. The highest BCUT2D eigenvalue weighted by Gasteiger charge is 2.13. The number of benzene rings is 2. The molecule has 3 aromatic rings. The van der Waals surface area contributed by atoms with Gasteiger partial charge in [0.1, 0.15) is 5.75 Å². The molecule has 3 rings (SSSR count). The second-order valence-electron chi connectivity index (χ2n) is 8.20. The highest BCUT2D eigenvalue weighted by molar-refractivity contribution is 6.30. The summed E-state index contributed by atoms with van der Waals surface area (Å²) in [5, 5.41) is 7.75. The predicted molar refractivity (Wildman–Crippen MR) is 123 cm³/mol. The molecule has 0 radical (unpaired) electrons. The van der Waals surface area contributed by atoms with E-state index in [1.807, 2.05) is 36.4 Å². The van der Waals surface area contributed by atoms with Crippen molar-refractivity contribution in [2.24, 2.45) is 0 Å². The Hall–Kier alpha value is -3.12. The molecule has 0 aliphatic carbocycles. The number of hydrogen-bond acceptors (Lipinski definition) is 4. The van der Waals surface area contributed by atoms with Crippen molar-refractivity contribution in [1.82, 2.24) is 15.1 Å². The van der Waals surface area contributed by atoms with Crippen LogP contribution in [0.5, 0.6) is 5.75 Å². The molecule has 0 unspecified atom stereocenters. The van der Waals surface area contributed by atoms with Gasteiger partial charge in [-0.25, -0.2) is 4.68 Å². The van der Waals surface area contributed by atoms with Crippen LogP contribution in [0.3, 0.4) is 0 Å². The fourth-order valence-electron chi connectivity index (χ4n) is 2.94. The molecule has 7 heteroatoms. The molecule has 162 valence electrons. The van der Waals surface area contributed by atoms with Gasteiger partial charge in [-0.1, -0.05) is 56.6 Å². The van der Waals surface area contributed by atoms with Crippen LogP contribution in [0.4, 0.5) is 0 Å². The van der Waals surface area contributed by atoms with Gasteiger partial charge < -0.3 is 10.1 Å².